The highest BCUT2D eigenvalue weighted by molar-refractivity contribution is 7.99. The Morgan fingerprint density at radius 1 is 1.19 bits per heavy atom. The zero-order chi connectivity index (χ0) is 15.6. The van der Waals surface area contributed by atoms with Gasteiger partial charge in [0.25, 0.3) is 0 Å². The lowest BCUT2D eigenvalue weighted by Crippen LogP contribution is -2.06. The Kier molecular flexibility index (Phi) is 4.77. The van der Waals surface area contributed by atoms with Crippen molar-refractivity contribution >= 4 is 17.6 Å². The van der Waals surface area contributed by atoms with Gasteiger partial charge in [0.15, 0.2) is 0 Å². The maximum Gasteiger partial charge on any atom is 0.140 e. The third kappa shape index (κ3) is 3.50. The lowest BCUT2D eigenvalue weighted by Gasteiger charge is -2.13. The molecule has 0 bridgehead atoms. The average Bonchev–Trinajstić information content (AvgIpc) is 2.43. The van der Waals surface area contributed by atoms with Crippen LogP contribution in [0.5, 0.6) is 0 Å². The molecule has 21 heavy (non-hydrogen) atoms. The Hall–Kier alpha value is -1.69. The van der Waals surface area contributed by atoms with Crippen molar-refractivity contribution in [2.75, 3.05) is 12.4 Å². The predicted molar refractivity (Wildman–Crippen MR) is 80.9 cm³/mol. The number of benzene rings is 1. The molecule has 1 heterocycles. The van der Waals surface area contributed by atoms with Gasteiger partial charge in [-0.1, -0.05) is 25.6 Å². The summed E-state index contributed by atoms with van der Waals surface area (Å²) in [5.74, 6) is 0.397. The molecule has 0 aliphatic carbocycles. The number of nitrogens with zero attached hydrogens (tertiary/aromatic N) is 2. The number of hydrogen-bond donors (Lipinski definition) is 1. The normalized spacial score (nSPS) is 11.0. The van der Waals surface area contributed by atoms with Crippen LogP contribution >= 0.6 is 11.8 Å². The van der Waals surface area contributed by atoms with Crippen molar-refractivity contribution in [3.8, 4) is 0 Å². The molecule has 2 rings (SSSR count). The van der Waals surface area contributed by atoms with Gasteiger partial charge in [-0.15, -0.1) is 0 Å². The zero-order valence-electron chi connectivity index (χ0n) is 12.4. The second-order valence-electron chi connectivity index (χ2n) is 4.94. The van der Waals surface area contributed by atoms with Gasteiger partial charge in [0.2, 0.25) is 0 Å². The van der Waals surface area contributed by atoms with E-state index in [1.165, 1.54) is 23.9 Å². The minimum absolute atomic E-state index is 0.162. The van der Waals surface area contributed by atoms with E-state index < -0.39 is 11.6 Å². The highest BCUT2D eigenvalue weighted by atomic mass is 32.2. The van der Waals surface area contributed by atoms with Gasteiger partial charge in [-0.05, 0) is 19.1 Å². The summed E-state index contributed by atoms with van der Waals surface area (Å²) in [5, 5.41) is 3.69. The van der Waals surface area contributed by atoms with Crippen molar-refractivity contribution in [1.29, 1.82) is 0 Å². The summed E-state index contributed by atoms with van der Waals surface area (Å²) in [4.78, 5) is 9.27. The number of anilines is 1. The first kappa shape index (κ1) is 15.7. The van der Waals surface area contributed by atoms with E-state index in [-0.39, 0.29) is 5.92 Å². The van der Waals surface area contributed by atoms with Crippen LogP contribution in [0.25, 0.3) is 0 Å². The fraction of sp³-hybridized carbons (Fsp3) is 0.333. The first-order valence-electron chi connectivity index (χ1n) is 6.61. The van der Waals surface area contributed by atoms with Crippen molar-refractivity contribution in [2.45, 2.75) is 36.6 Å². The molecule has 0 saturated carbocycles. The maximum atomic E-state index is 13.8. The van der Waals surface area contributed by atoms with Gasteiger partial charge in [0, 0.05) is 29.5 Å². The molecule has 0 spiro atoms. The molecule has 112 valence electrons. The van der Waals surface area contributed by atoms with Crippen molar-refractivity contribution in [3.05, 3.63) is 41.2 Å². The van der Waals surface area contributed by atoms with E-state index in [9.17, 15) is 8.78 Å². The third-order valence-electron chi connectivity index (χ3n) is 2.97. The lowest BCUT2D eigenvalue weighted by molar-refractivity contribution is 0.565. The summed E-state index contributed by atoms with van der Waals surface area (Å²) in [5.41, 5.74) is 0.843. The van der Waals surface area contributed by atoms with Crippen LogP contribution in [-0.4, -0.2) is 17.0 Å². The van der Waals surface area contributed by atoms with Gasteiger partial charge in [-0.3, -0.25) is 0 Å². The van der Waals surface area contributed by atoms with E-state index in [1.54, 1.807) is 7.05 Å². The zero-order valence-corrected chi connectivity index (χ0v) is 13.2. The number of halogens is 2. The predicted octanol–water partition coefficient (Wildman–Crippen LogP) is 4.38. The van der Waals surface area contributed by atoms with E-state index in [0.717, 1.165) is 17.4 Å². The summed E-state index contributed by atoms with van der Waals surface area (Å²) in [6.07, 6.45) is 0. The Labute approximate surface area is 127 Å². The average molecular weight is 309 g/mol. The largest absolute Gasteiger partial charge is 0.373 e. The minimum Gasteiger partial charge on any atom is -0.373 e. The summed E-state index contributed by atoms with van der Waals surface area (Å²) >= 11 is 1.18. The molecule has 3 nitrogen and oxygen atoms in total. The summed E-state index contributed by atoms with van der Waals surface area (Å²) < 4.78 is 26.8. The van der Waals surface area contributed by atoms with Crippen molar-refractivity contribution in [1.82, 2.24) is 9.97 Å². The molecule has 0 aliphatic heterocycles. The lowest BCUT2D eigenvalue weighted by atomic mass is 10.2. The number of hydrogen-bond acceptors (Lipinski definition) is 4. The van der Waals surface area contributed by atoms with Gasteiger partial charge in [0.05, 0.1) is 0 Å². The minimum atomic E-state index is -0.588. The number of nitrogens with one attached hydrogen (secondary N) is 1. The van der Waals surface area contributed by atoms with Crippen molar-refractivity contribution in [2.24, 2.45) is 0 Å². The van der Waals surface area contributed by atoms with Crippen LogP contribution in [0, 0.1) is 18.6 Å². The Morgan fingerprint density at radius 2 is 1.90 bits per heavy atom. The second kappa shape index (κ2) is 6.39. The van der Waals surface area contributed by atoms with E-state index in [4.69, 9.17) is 0 Å². The summed E-state index contributed by atoms with van der Waals surface area (Å²) in [7, 11) is 1.78. The molecule has 0 aliphatic rings. The van der Waals surface area contributed by atoms with Crippen LogP contribution in [-0.2, 0) is 0 Å². The molecule has 1 aromatic heterocycles. The molecule has 0 amide bonds. The van der Waals surface area contributed by atoms with Crippen LogP contribution in [0.15, 0.2) is 28.1 Å². The summed E-state index contributed by atoms with van der Waals surface area (Å²) in [6, 6.07) is 3.54. The molecule has 6 heteroatoms. The topological polar surface area (TPSA) is 37.8 Å². The van der Waals surface area contributed by atoms with E-state index in [2.05, 4.69) is 15.3 Å². The maximum absolute atomic E-state index is 13.8. The van der Waals surface area contributed by atoms with E-state index >= 15 is 0 Å². The van der Waals surface area contributed by atoms with Gasteiger partial charge < -0.3 is 5.32 Å². The van der Waals surface area contributed by atoms with Crippen molar-refractivity contribution in [3.63, 3.8) is 0 Å². The molecular formula is C15H17F2N3S. The number of rotatable bonds is 4. The molecular weight excluding hydrogens is 292 g/mol. The smallest absolute Gasteiger partial charge is 0.140 e. The van der Waals surface area contributed by atoms with Gasteiger partial charge in [-0.25, -0.2) is 18.7 Å². The Balaban J connectivity index is 2.45. The molecule has 1 N–H and O–H groups in total. The first-order chi connectivity index (χ1) is 9.92. The van der Waals surface area contributed by atoms with Crippen LogP contribution < -0.4 is 5.32 Å². The molecule has 0 unspecified atom stereocenters. The number of aromatic nitrogens is 2. The molecule has 0 radical (unpaired) electrons. The SMILES string of the molecule is CNc1nc(C(C)C)nc(Sc2ccc(F)cc2F)c1C. The van der Waals surface area contributed by atoms with Crippen LogP contribution in [0.3, 0.4) is 0 Å². The third-order valence-corrected chi connectivity index (χ3v) is 4.11. The van der Waals surface area contributed by atoms with E-state index in [0.29, 0.717) is 15.7 Å². The van der Waals surface area contributed by atoms with Crippen LogP contribution in [0.1, 0.15) is 31.2 Å². The monoisotopic (exact) mass is 309 g/mol. The summed E-state index contributed by atoms with van der Waals surface area (Å²) in [6.45, 7) is 5.87. The Morgan fingerprint density at radius 3 is 2.48 bits per heavy atom. The van der Waals surface area contributed by atoms with Crippen LogP contribution in [0.2, 0.25) is 0 Å². The Bertz CT molecular complexity index is 660. The van der Waals surface area contributed by atoms with Crippen LogP contribution in [0.4, 0.5) is 14.6 Å². The standard InChI is InChI=1S/C15H17F2N3S/c1-8(2)13-19-14(18-4)9(3)15(20-13)21-12-6-5-10(16)7-11(12)17/h5-8H,1-4H3,(H,18,19,20). The van der Waals surface area contributed by atoms with Gasteiger partial charge >= 0.3 is 0 Å². The van der Waals surface area contributed by atoms with Crippen molar-refractivity contribution < 1.29 is 8.78 Å². The molecule has 0 saturated heterocycles. The molecule has 1 aromatic carbocycles. The fourth-order valence-electron chi connectivity index (χ4n) is 1.78. The molecule has 2 aromatic rings. The van der Waals surface area contributed by atoms with Gasteiger partial charge in [-0.2, -0.15) is 0 Å². The fourth-order valence-corrected chi connectivity index (χ4v) is 2.67. The molecule has 0 fully saturated rings. The van der Waals surface area contributed by atoms with Gasteiger partial charge in [0.1, 0.15) is 28.3 Å². The first-order valence-corrected chi connectivity index (χ1v) is 7.43. The second-order valence-corrected chi connectivity index (χ2v) is 5.97. The highest BCUT2D eigenvalue weighted by Crippen LogP contribution is 2.33. The van der Waals surface area contributed by atoms with E-state index in [1.807, 2.05) is 20.8 Å². The highest BCUT2D eigenvalue weighted by Gasteiger charge is 2.15. The molecule has 0 atom stereocenters. The quantitative estimate of drug-likeness (QED) is 0.851.